The number of rotatable bonds is 2. The second-order valence-corrected chi connectivity index (χ2v) is 3.24. The Morgan fingerprint density at radius 3 is 2.36 bits per heavy atom. The van der Waals surface area contributed by atoms with Gasteiger partial charge in [-0.2, -0.15) is 0 Å². The lowest BCUT2D eigenvalue weighted by atomic mass is 10.7. The minimum Gasteiger partial charge on any atom is -0.387 e. The van der Waals surface area contributed by atoms with Gasteiger partial charge in [-0.05, 0) is 6.07 Å². The van der Waals surface area contributed by atoms with Crippen molar-refractivity contribution < 1.29 is 9.09 Å². The zero-order valence-electron chi connectivity index (χ0n) is 5.54. The van der Waals surface area contributed by atoms with Crippen molar-refractivity contribution in [3.05, 3.63) is 18.5 Å². The third-order valence-corrected chi connectivity index (χ3v) is 1.22. The van der Waals surface area contributed by atoms with Crippen molar-refractivity contribution in [3.63, 3.8) is 0 Å². The van der Waals surface area contributed by atoms with E-state index in [0.29, 0.717) is 0 Å². The number of hydrogen-bond donors (Lipinski definition) is 2. The Bertz CT molecular complexity index is 271. The van der Waals surface area contributed by atoms with Crippen LogP contribution in [0.2, 0.25) is 0 Å². The lowest BCUT2D eigenvalue weighted by molar-refractivity contribution is 0.462. The number of aromatic nitrogens is 2. The summed E-state index contributed by atoms with van der Waals surface area (Å²) in [5.41, 5.74) is 9.80. The Morgan fingerprint density at radius 2 is 1.91 bits per heavy atom. The van der Waals surface area contributed by atoms with Gasteiger partial charge in [0.25, 0.3) is 0 Å². The van der Waals surface area contributed by atoms with Crippen LogP contribution in [0, 0.1) is 0 Å². The molecule has 0 fully saturated rings. The summed E-state index contributed by atoms with van der Waals surface area (Å²) in [7, 11) is -3.51. The summed E-state index contributed by atoms with van der Waals surface area (Å²) in [5, 5.41) is 0. The zero-order chi connectivity index (χ0) is 8.32. The van der Waals surface area contributed by atoms with Crippen molar-refractivity contribution in [3.8, 4) is 6.01 Å². The second-order valence-electron chi connectivity index (χ2n) is 1.77. The predicted octanol–water partition coefficient (Wildman–Crippen LogP) is -0.119. The van der Waals surface area contributed by atoms with Crippen LogP contribution in [0.25, 0.3) is 0 Å². The average molecular weight is 174 g/mol. The van der Waals surface area contributed by atoms with E-state index in [9.17, 15) is 4.57 Å². The molecule has 1 aromatic rings. The molecule has 1 heterocycles. The maximum atomic E-state index is 10.6. The third-order valence-electron chi connectivity index (χ3n) is 0.766. The molecule has 0 aliphatic carbocycles. The molecule has 0 radical (unpaired) electrons. The van der Waals surface area contributed by atoms with Gasteiger partial charge in [-0.25, -0.2) is 25.5 Å². The van der Waals surface area contributed by atoms with Gasteiger partial charge in [0.2, 0.25) is 0 Å². The highest BCUT2D eigenvalue weighted by atomic mass is 31.2. The fourth-order valence-electron chi connectivity index (χ4n) is 0.460. The van der Waals surface area contributed by atoms with Gasteiger partial charge in [0.05, 0.1) is 0 Å². The highest BCUT2D eigenvalue weighted by molar-refractivity contribution is 7.54. The largest absolute Gasteiger partial charge is 0.387 e. The zero-order valence-corrected chi connectivity index (χ0v) is 6.44. The van der Waals surface area contributed by atoms with Crippen LogP contribution in [0.15, 0.2) is 18.5 Å². The number of nitrogens with two attached hydrogens (primary N) is 2. The van der Waals surface area contributed by atoms with E-state index in [1.165, 1.54) is 12.4 Å². The van der Waals surface area contributed by atoms with Gasteiger partial charge in [0.15, 0.2) is 0 Å². The van der Waals surface area contributed by atoms with Gasteiger partial charge in [0.1, 0.15) is 0 Å². The van der Waals surface area contributed by atoms with E-state index in [4.69, 9.17) is 11.0 Å². The quantitative estimate of drug-likeness (QED) is 0.605. The summed E-state index contributed by atoms with van der Waals surface area (Å²) in [6, 6.07) is 1.51. The van der Waals surface area contributed by atoms with Crippen LogP contribution in [0.4, 0.5) is 0 Å². The molecule has 0 amide bonds. The van der Waals surface area contributed by atoms with E-state index in [1.54, 1.807) is 6.07 Å². The first-order valence-electron chi connectivity index (χ1n) is 2.72. The van der Waals surface area contributed by atoms with Crippen molar-refractivity contribution in [2.75, 3.05) is 0 Å². The van der Waals surface area contributed by atoms with Gasteiger partial charge < -0.3 is 4.52 Å². The molecule has 0 aliphatic heterocycles. The van der Waals surface area contributed by atoms with Gasteiger partial charge in [-0.1, -0.05) is 0 Å². The molecule has 0 saturated heterocycles. The first kappa shape index (κ1) is 8.13. The van der Waals surface area contributed by atoms with Crippen LogP contribution in [0.5, 0.6) is 6.01 Å². The van der Waals surface area contributed by atoms with Gasteiger partial charge in [0, 0.05) is 12.4 Å². The molecule has 1 aromatic heterocycles. The Balaban J connectivity index is 2.74. The molecule has 7 heteroatoms. The highest BCUT2D eigenvalue weighted by Gasteiger charge is 2.11. The molecule has 0 spiro atoms. The predicted molar refractivity (Wildman–Crippen MR) is 38.6 cm³/mol. The van der Waals surface area contributed by atoms with Crippen LogP contribution in [-0.2, 0) is 4.57 Å². The Labute approximate surface area is 63.2 Å². The van der Waals surface area contributed by atoms with Crippen molar-refractivity contribution in [1.82, 2.24) is 9.97 Å². The van der Waals surface area contributed by atoms with Gasteiger partial charge in [-0.3, -0.25) is 0 Å². The van der Waals surface area contributed by atoms with E-state index in [2.05, 4.69) is 14.5 Å². The molecule has 60 valence electrons. The molecular formula is C4H7N4O2P. The average Bonchev–Trinajstić information content (AvgIpc) is 1.85. The molecule has 11 heavy (non-hydrogen) atoms. The van der Waals surface area contributed by atoms with Gasteiger partial charge in [-0.15, -0.1) is 0 Å². The van der Waals surface area contributed by atoms with E-state index in [0.717, 1.165) is 0 Å². The molecular weight excluding hydrogens is 167 g/mol. The molecule has 0 atom stereocenters. The summed E-state index contributed by atoms with van der Waals surface area (Å²) < 4.78 is 15.1. The Hall–Kier alpha value is -0.970. The van der Waals surface area contributed by atoms with Crippen LogP contribution in [-0.4, -0.2) is 9.97 Å². The van der Waals surface area contributed by atoms with E-state index < -0.39 is 7.67 Å². The van der Waals surface area contributed by atoms with Crippen LogP contribution in [0.1, 0.15) is 0 Å². The molecule has 0 aromatic carbocycles. The monoisotopic (exact) mass is 174 g/mol. The lowest BCUT2D eigenvalue weighted by Crippen LogP contribution is -2.11. The number of nitrogens with zero attached hydrogens (tertiary/aromatic N) is 2. The molecule has 4 N–H and O–H groups in total. The van der Waals surface area contributed by atoms with Crippen molar-refractivity contribution in [2.45, 2.75) is 0 Å². The normalized spacial score (nSPS) is 11.1. The first-order chi connectivity index (χ1) is 5.08. The summed E-state index contributed by atoms with van der Waals surface area (Å²) in [5.74, 6) is 0. The van der Waals surface area contributed by atoms with Crippen molar-refractivity contribution in [2.24, 2.45) is 11.0 Å². The smallest absolute Gasteiger partial charge is 0.387 e. The highest BCUT2D eigenvalue weighted by Crippen LogP contribution is 2.26. The molecule has 0 unspecified atom stereocenters. The molecule has 6 nitrogen and oxygen atoms in total. The minimum atomic E-state index is -3.51. The summed E-state index contributed by atoms with van der Waals surface area (Å²) in [4.78, 5) is 7.20. The SMILES string of the molecule is NP(N)(=O)Oc1ncccn1. The Kier molecular flexibility index (Phi) is 2.19. The summed E-state index contributed by atoms with van der Waals surface area (Å²) in [6.07, 6.45) is 2.86. The first-order valence-corrected chi connectivity index (χ1v) is 4.48. The third kappa shape index (κ3) is 3.08. The minimum absolute atomic E-state index is 0.0826. The standard InChI is InChI=1S/C4H7N4O2P/c5-11(6,9)10-4-7-2-1-3-8-4/h1-3H,(H4,5,6,9). The molecule has 0 saturated carbocycles. The Morgan fingerprint density at radius 1 is 1.36 bits per heavy atom. The van der Waals surface area contributed by atoms with Crippen LogP contribution in [0.3, 0.4) is 0 Å². The lowest BCUT2D eigenvalue weighted by Gasteiger charge is -2.05. The second kappa shape index (κ2) is 2.96. The van der Waals surface area contributed by atoms with E-state index in [-0.39, 0.29) is 6.01 Å². The fraction of sp³-hybridized carbons (Fsp3) is 0. The number of hydrogen-bond acceptors (Lipinski definition) is 4. The van der Waals surface area contributed by atoms with Crippen molar-refractivity contribution >= 4 is 7.67 Å². The molecule has 0 aliphatic rings. The van der Waals surface area contributed by atoms with Crippen LogP contribution < -0.4 is 15.5 Å². The fourth-order valence-corrected chi connectivity index (χ4v) is 0.810. The van der Waals surface area contributed by atoms with Crippen molar-refractivity contribution in [1.29, 1.82) is 0 Å². The molecule has 1 rings (SSSR count). The van der Waals surface area contributed by atoms with E-state index >= 15 is 0 Å². The molecule has 0 bridgehead atoms. The van der Waals surface area contributed by atoms with Crippen LogP contribution >= 0.6 is 7.67 Å². The van der Waals surface area contributed by atoms with Gasteiger partial charge >= 0.3 is 13.7 Å². The van der Waals surface area contributed by atoms with E-state index in [1.807, 2.05) is 0 Å². The summed E-state index contributed by atoms with van der Waals surface area (Å²) in [6.45, 7) is 0. The topological polar surface area (TPSA) is 104 Å². The maximum absolute atomic E-state index is 10.6. The maximum Gasteiger partial charge on any atom is 0.387 e. The summed E-state index contributed by atoms with van der Waals surface area (Å²) >= 11 is 0.